The molecule has 0 saturated heterocycles. The molecule has 2 atom stereocenters. The van der Waals surface area contributed by atoms with Crippen LogP contribution in [0.5, 0.6) is 5.75 Å². The molecule has 18 heavy (non-hydrogen) atoms. The molecular weight excluding hydrogens is 222 g/mol. The topological polar surface area (TPSA) is 35.2 Å². The third-order valence-corrected chi connectivity index (χ3v) is 3.98. The van der Waals surface area contributed by atoms with E-state index in [9.17, 15) is 0 Å². The van der Waals surface area contributed by atoms with Crippen LogP contribution in [-0.4, -0.2) is 12.6 Å². The van der Waals surface area contributed by atoms with Crippen molar-refractivity contribution < 1.29 is 4.74 Å². The summed E-state index contributed by atoms with van der Waals surface area (Å²) in [6.45, 7) is 5.16. The van der Waals surface area contributed by atoms with Crippen LogP contribution < -0.4 is 10.5 Å². The highest BCUT2D eigenvalue weighted by atomic mass is 16.5. The van der Waals surface area contributed by atoms with E-state index in [1.54, 1.807) is 0 Å². The van der Waals surface area contributed by atoms with E-state index in [1.807, 2.05) is 0 Å². The zero-order valence-corrected chi connectivity index (χ0v) is 11.6. The second kappa shape index (κ2) is 6.24. The molecule has 0 radical (unpaired) electrons. The monoisotopic (exact) mass is 247 g/mol. The van der Waals surface area contributed by atoms with E-state index >= 15 is 0 Å². The van der Waals surface area contributed by atoms with E-state index in [1.165, 1.54) is 24.8 Å². The summed E-state index contributed by atoms with van der Waals surface area (Å²) in [5.41, 5.74) is 7.19. The summed E-state index contributed by atoms with van der Waals surface area (Å²) in [5.74, 6) is 2.10. The van der Waals surface area contributed by atoms with Gasteiger partial charge in [-0.15, -0.1) is 0 Å². The average Bonchev–Trinajstić information content (AvgIpc) is 2.40. The van der Waals surface area contributed by atoms with Gasteiger partial charge in [0.15, 0.2) is 0 Å². The largest absolute Gasteiger partial charge is 0.490 e. The number of rotatable bonds is 4. The number of benzene rings is 1. The molecule has 1 fully saturated rings. The van der Waals surface area contributed by atoms with Gasteiger partial charge in [0.25, 0.3) is 0 Å². The Labute approximate surface area is 111 Å². The van der Waals surface area contributed by atoms with Crippen molar-refractivity contribution in [2.45, 2.75) is 51.6 Å². The quantitative estimate of drug-likeness (QED) is 0.880. The maximum atomic E-state index is 6.11. The number of hydrogen-bond acceptors (Lipinski definition) is 2. The average molecular weight is 247 g/mol. The van der Waals surface area contributed by atoms with Crippen molar-refractivity contribution in [2.24, 2.45) is 11.7 Å². The summed E-state index contributed by atoms with van der Waals surface area (Å²) < 4.78 is 6.11. The summed E-state index contributed by atoms with van der Waals surface area (Å²) in [6.07, 6.45) is 5.24. The van der Waals surface area contributed by atoms with Gasteiger partial charge in [-0.05, 0) is 49.4 Å². The van der Waals surface area contributed by atoms with Crippen molar-refractivity contribution in [3.8, 4) is 5.75 Å². The summed E-state index contributed by atoms with van der Waals surface area (Å²) in [6, 6.07) is 8.52. The minimum absolute atomic E-state index is 0.314. The lowest BCUT2D eigenvalue weighted by Crippen LogP contribution is -2.35. The van der Waals surface area contributed by atoms with E-state index in [2.05, 4.69) is 38.1 Å². The van der Waals surface area contributed by atoms with Crippen molar-refractivity contribution in [2.75, 3.05) is 6.54 Å². The molecule has 100 valence electrons. The van der Waals surface area contributed by atoms with Gasteiger partial charge < -0.3 is 10.5 Å². The molecule has 2 rings (SSSR count). The van der Waals surface area contributed by atoms with Crippen LogP contribution in [0.2, 0.25) is 0 Å². The van der Waals surface area contributed by atoms with Gasteiger partial charge in [-0.25, -0.2) is 0 Å². The predicted molar refractivity (Wildman–Crippen MR) is 76.0 cm³/mol. The van der Waals surface area contributed by atoms with Gasteiger partial charge in [0.05, 0.1) is 0 Å². The molecule has 1 aliphatic carbocycles. The lowest BCUT2D eigenvalue weighted by Gasteiger charge is -2.31. The highest BCUT2D eigenvalue weighted by Crippen LogP contribution is 2.28. The van der Waals surface area contributed by atoms with Crippen LogP contribution in [0.25, 0.3) is 0 Å². The summed E-state index contributed by atoms with van der Waals surface area (Å²) in [4.78, 5) is 0. The van der Waals surface area contributed by atoms with E-state index in [0.29, 0.717) is 17.9 Å². The van der Waals surface area contributed by atoms with Crippen LogP contribution >= 0.6 is 0 Å². The molecule has 1 saturated carbocycles. The Kier molecular flexibility index (Phi) is 4.65. The van der Waals surface area contributed by atoms with Crippen LogP contribution in [0.15, 0.2) is 24.3 Å². The summed E-state index contributed by atoms with van der Waals surface area (Å²) in [7, 11) is 0. The molecule has 1 aliphatic rings. The molecule has 1 aromatic rings. The highest BCUT2D eigenvalue weighted by Gasteiger charge is 2.25. The molecule has 0 spiro atoms. The first-order valence-corrected chi connectivity index (χ1v) is 7.17. The van der Waals surface area contributed by atoms with Gasteiger partial charge >= 0.3 is 0 Å². The Hall–Kier alpha value is -1.02. The zero-order chi connectivity index (χ0) is 13.0. The summed E-state index contributed by atoms with van der Waals surface area (Å²) in [5, 5.41) is 0. The maximum Gasteiger partial charge on any atom is 0.119 e. The minimum Gasteiger partial charge on any atom is -0.490 e. The fourth-order valence-electron chi connectivity index (χ4n) is 2.70. The first-order valence-electron chi connectivity index (χ1n) is 7.17. The van der Waals surface area contributed by atoms with Crippen molar-refractivity contribution in [3.63, 3.8) is 0 Å². The Bertz CT molecular complexity index is 358. The molecule has 0 aliphatic heterocycles. The van der Waals surface area contributed by atoms with E-state index in [4.69, 9.17) is 10.5 Å². The van der Waals surface area contributed by atoms with Crippen LogP contribution in [0.4, 0.5) is 0 Å². The van der Waals surface area contributed by atoms with Gasteiger partial charge in [-0.3, -0.25) is 0 Å². The van der Waals surface area contributed by atoms with Crippen LogP contribution in [0.3, 0.4) is 0 Å². The molecule has 2 heteroatoms. The van der Waals surface area contributed by atoms with E-state index < -0.39 is 0 Å². The maximum absolute atomic E-state index is 6.11. The summed E-state index contributed by atoms with van der Waals surface area (Å²) >= 11 is 0. The van der Waals surface area contributed by atoms with Crippen LogP contribution in [-0.2, 0) is 0 Å². The number of hydrogen-bond donors (Lipinski definition) is 1. The van der Waals surface area contributed by atoms with Crippen LogP contribution in [0, 0.1) is 5.92 Å². The van der Waals surface area contributed by atoms with Gasteiger partial charge in [-0.1, -0.05) is 32.4 Å². The molecule has 0 heterocycles. The smallest absolute Gasteiger partial charge is 0.119 e. The van der Waals surface area contributed by atoms with E-state index in [0.717, 1.165) is 18.7 Å². The third kappa shape index (κ3) is 3.26. The lowest BCUT2D eigenvalue weighted by atomic mass is 9.86. The molecule has 0 aromatic heterocycles. The van der Waals surface area contributed by atoms with E-state index in [-0.39, 0.29) is 0 Å². The third-order valence-electron chi connectivity index (χ3n) is 3.98. The zero-order valence-electron chi connectivity index (χ0n) is 11.6. The van der Waals surface area contributed by atoms with Gasteiger partial charge in [0.2, 0.25) is 0 Å². The fraction of sp³-hybridized carbons (Fsp3) is 0.625. The highest BCUT2D eigenvalue weighted by molar-refractivity contribution is 5.29. The van der Waals surface area contributed by atoms with Gasteiger partial charge in [-0.2, -0.15) is 0 Å². The van der Waals surface area contributed by atoms with Crippen molar-refractivity contribution >= 4 is 0 Å². The fourth-order valence-corrected chi connectivity index (χ4v) is 2.70. The molecular formula is C16H25NO. The number of nitrogens with two attached hydrogens (primary N) is 1. The minimum atomic E-state index is 0.314. The van der Waals surface area contributed by atoms with Gasteiger partial charge in [0, 0.05) is 5.92 Å². The van der Waals surface area contributed by atoms with Crippen molar-refractivity contribution in [3.05, 3.63) is 29.8 Å². The standard InChI is InChI=1S/C16H25NO/c1-12(2)13-7-9-15(10-8-13)18-16-6-4-3-5-14(16)11-17/h7-10,12,14,16H,3-6,11,17H2,1-2H3. The number of ether oxygens (including phenoxy) is 1. The first kappa shape index (κ1) is 13.4. The Morgan fingerprint density at radius 2 is 1.83 bits per heavy atom. The van der Waals surface area contributed by atoms with Crippen LogP contribution in [0.1, 0.15) is 51.0 Å². The Morgan fingerprint density at radius 3 is 2.44 bits per heavy atom. The normalized spacial score (nSPS) is 24.2. The van der Waals surface area contributed by atoms with Gasteiger partial charge in [0.1, 0.15) is 11.9 Å². The first-order chi connectivity index (χ1) is 8.70. The molecule has 0 bridgehead atoms. The molecule has 2 unspecified atom stereocenters. The Balaban J connectivity index is 1.99. The lowest BCUT2D eigenvalue weighted by molar-refractivity contribution is 0.0970. The second-order valence-corrected chi connectivity index (χ2v) is 5.66. The van der Waals surface area contributed by atoms with Crippen molar-refractivity contribution in [1.82, 2.24) is 0 Å². The Morgan fingerprint density at radius 1 is 1.17 bits per heavy atom. The molecule has 2 N–H and O–H groups in total. The SMILES string of the molecule is CC(C)c1ccc(OC2CCCCC2CN)cc1. The molecule has 0 amide bonds. The molecule has 2 nitrogen and oxygen atoms in total. The van der Waals surface area contributed by atoms with Crippen molar-refractivity contribution in [1.29, 1.82) is 0 Å². The second-order valence-electron chi connectivity index (χ2n) is 5.66. The molecule has 1 aromatic carbocycles. The predicted octanol–water partition coefficient (Wildman–Crippen LogP) is 3.71.